The summed E-state index contributed by atoms with van der Waals surface area (Å²) >= 11 is 0. The Bertz CT molecular complexity index is 565. The topological polar surface area (TPSA) is 81.2 Å². The fourth-order valence-corrected chi connectivity index (χ4v) is 1.19. The van der Waals surface area contributed by atoms with Crippen molar-refractivity contribution in [2.45, 2.75) is 6.18 Å². The molecule has 0 unspecified atom stereocenters. The van der Waals surface area contributed by atoms with E-state index in [-0.39, 0.29) is 11.4 Å². The average molecular weight is 268 g/mol. The minimum Gasteiger partial charge on any atom is -0.496 e. The van der Waals surface area contributed by atoms with Crippen LogP contribution in [0.5, 0.6) is 5.75 Å². The maximum atomic E-state index is 12.7. The van der Waals surface area contributed by atoms with Crippen molar-refractivity contribution >= 4 is 11.4 Å². The van der Waals surface area contributed by atoms with Crippen molar-refractivity contribution in [3.05, 3.63) is 23.8 Å². The first-order valence-electron chi connectivity index (χ1n) is 4.81. The number of alkyl halides is 3. The molecule has 0 saturated heterocycles. The number of rotatable bonds is 3. The van der Waals surface area contributed by atoms with Gasteiger partial charge in [-0.3, -0.25) is 5.43 Å². The lowest BCUT2D eigenvalue weighted by Gasteiger charge is -2.13. The van der Waals surface area contributed by atoms with Crippen molar-refractivity contribution in [2.75, 3.05) is 12.5 Å². The summed E-state index contributed by atoms with van der Waals surface area (Å²) in [6.45, 7) is 0. The van der Waals surface area contributed by atoms with Crippen LogP contribution in [0.1, 0.15) is 5.56 Å². The van der Waals surface area contributed by atoms with Crippen LogP contribution in [0, 0.1) is 22.7 Å². The molecule has 0 fully saturated rings. The van der Waals surface area contributed by atoms with Crippen LogP contribution < -0.4 is 10.2 Å². The van der Waals surface area contributed by atoms with Gasteiger partial charge in [0.15, 0.2) is 0 Å². The van der Waals surface area contributed by atoms with E-state index in [1.807, 2.05) is 0 Å². The highest BCUT2D eigenvalue weighted by molar-refractivity contribution is 6.10. The number of hydrazone groups is 1. The summed E-state index contributed by atoms with van der Waals surface area (Å²) in [7, 11) is 1.12. The summed E-state index contributed by atoms with van der Waals surface area (Å²) < 4.78 is 42.7. The van der Waals surface area contributed by atoms with E-state index in [4.69, 9.17) is 10.5 Å². The van der Waals surface area contributed by atoms with Gasteiger partial charge in [0.05, 0.1) is 18.4 Å². The monoisotopic (exact) mass is 268 g/mol. The minimum atomic E-state index is -4.58. The Balaban J connectivity index is 3.11. The molecular weight excluding hydrogens is 261 g/mol. The molecule has 5 nitrogen and oxygen atoms in total. The van der Waals surface area contributed by atoms with E-state index >= 15 is 0 Å². The highest BCUT2D eigenvalue weighted by Gasteiger charge is 2.34. The van der Waals surface area contributed by atoms with Gasteiger partial charge in [0.25, 0.3) is 0 Å². The fraction of sp³-hybridized carbons (Fsp3) is 0.182. The number of hydrogen-bond donors (Lipinski definition) is 1. The van der Waals surface area contributed by atoms with Crippen molar-refractivity contribution in [2.24, 2.45) is 5.10 Å². The number of anilines is 1. The third-order valence-corrected chi connectivity index (χ3v) is 2.01. The zero-order valence-corrected chi connectivity index (χ0v) is 9.62. The molecule has 0 aliphatic carbocycles. The fourth-order valence-electron chi connectivity index (χ4n) is 1.19. The van der Waals surface area contributed by atoms with Crippen molar-refractivity contribution in [1.82, 2.24) is 0 Å². The Morgan fingerprint density at radius 1 is 1.32 bits per heavy atom. The first kappa shape index (κ1) is 14.3. The summed E-state index contributed by atoms with van der Waals surface area (Å²) in [6, 6.07) is 6.10. The molecule has 0 amide bonds. The Labute approximate surface area is 106 Å². The predicted molar refractivity (Wildman–Crippen MR) is 60.3 cm³/mol. The van der Waals surface area contributed by atoms with Crippen LogP contribution in [0.4, 0.5) is 18.9 Å². The van der Waals surface area contributed by atoms with Crippen LogP contribution in [0.25, 0.3) is 0 Å². The second kappa shape index (κ2) is 5.74. The van der Waals surface area contributed by atoms with Gasteiger partial charge in [-0.05, 0) is 18.2 Å². The zero-order valence-electron chi connectivity index (χ0n) is 9.62. The quantitative estimate of drug-likeness (QED) is 0.674. The van der Waals surface area contributed by atoms with E-state index < -0.39 is 17.5 Å². The van der Waals surface area contributed by atoms with Gasteiger partial charge in [-0.2, -0.15) is 28.8 Å². The summed E-state index contributed by atoms with van der Waals surface area (Å²) in [4.78, 5) is 0. The van der Waals surface area contributed by atoms with Crippen molar-refractivity contribution < 1.29 is 17.9 Å². The lowest BCUT2D eigenvalue weighted by atomic mass is 10.1. The molecule has 0 spiro atoms. The Hall–Kier alpha value is -2.74. The molecule has 98 valence electrons. The standard InChI is InChI=1S/C11H7F3N4O/c1-19-10-3-2-7(4-9(10)11(12,13)14)17-18-8(5-15)6-16/h2-4,17H,1H3. The predicted octanol–water partition coefficient (Wildman–Crippen LogP) is 2.53. The Morgan fingerprint density at radius 2 is 1.95 bits per heavy atom. The smallest absolute Gasteiger partial charge is 0.420 e. The van der Waals surface area contributed by atoms with Crippen LogP contribution in [-0.4, -0.2) is 12.8 Å². The van der Waals surface area contributed by atoms with Gasteiger partial charge in [-0.15, -0.1) is 0 Å². The molecule has 0 saturated carbocycles. The van der Waals surface area contributed by atoms with Gasteiger partial charge in [-0.25, -0.2) is 0 Å². The van der Waals surface area contributed by atoms with Gasteiger partial charge in [0, 0.05) is 0 Å². The molecule has 1 rings (SSSR count). The van der Waals surface area contributed by atoms with E-state index in [0.717, 1.165) is 19.2 Å². The molecule has 1 aromatic carbocycles. The van der Waals surface area contributed by atoms with Crippen molar-refractivity contribution in [1.29, 1.82) is 10.5 Å². The number of methoxy groups -OCH3 is 1. The third-order valence-electron chi connectivity index (χ3n) is 2.01. The molecule has 0 atom stereocenters. The zero-order chi connectivity index (χ0) is 14.5. The van der Waals surface area contributed by atoms with Crippen LogP contribution in [0.3, 0.4) is 0 Å². The number of nitriles is 2. The molecular formula is C11H7F3N4O. The Kier molecular flexibility index (Phi) is 4.32. The first-order valence-corrected chi connectivity index (χ1v) is 4.81. The highest BCUT2D eigenvalue weighted by Crippen LogP contribution is 2.37. The SMILES string of the molecule is COc1ccc(NN=C(C#N)C#N)cc1C(F)(F)F. The molecule has 1 N–H and O–H groups in total. The second-order valence-electron chi connectivity index (χ2n) is 3.21. The lowest BCUT2D eigenvalue weighted by molar-refractivity contribution is -0.138. The van der Waals surface area contributed by atoms with Gasteiger partial charge in [-0.1, -0.05) is 0 Å². The molecule has 8 heteroatoms. The second-order valence-corrected chi connectivity index (χ2v) is 3.21. The van der Waals surface area contributed by atoms with Gasteiger partial charge < -0.3 is 4.74 Å². The first-order chi connectivity index (χ1) is 8.92. The minimum absolute atomic E-state index is 0.0175. The van der Waals surface area contributed by atoms with E-state index in [1.165, 1.54) is 18.2 Å². The van der Waals surface area contributed by atoms with E-state index in [9.17, 15) is 13.2 Å². The summed E-state index contributed by atoms with van der Waals surface area (Å²) in [6.07, 6.45) is -4.58. The van der Waals surface area contributed by atoms with Crippen molar-refractivity contribution in [3.63, 3.8) is 0 Å². The summed E-state index contributed by atoms with van der Waals surface area (Å²) in [5.74, 6) is -0.331. The molecule has 0 radical (unpaired) electrons. The maximum absolute atomic E-state index is 12.7. The number of nitrogens with one attached hydrogen (secondary N) is 1. The normalized spacial score (nSPS) is 10.0. The number of halogens is 3. The van der Waals surface area contributed by atoms with Crippen LogP contribution in [0.2, 0.25) is 0 Å². The molecule has 0 aromatic heterocycles. The number of hydrogen-bond acceptors (Lipinski definition) is 5. The lowest BCUT2D eigenvalue weighted by Crippen LogP contribution is -2.08. The summed E-state index contributed by atoms with van der Waals surface area (Å²) in [5.41, 5.74) is 0.704. The Morgan fingerprint density at radius 3 is 2.42 bits per heavy atom. The van der Waals surface area contributed by atoms with E-state index in [0.29, 0.717) is 0 Å². The van der Waals surface area contributed by atoms with Gasteiger partial charge in [0.1, 0.15) is 17.9 Å². The molecule has 0 bridgehead atoms. The van der Waals surface area contributed by atoms with Gasteiger partial charge >= 0.3 is 6.18 Å². The van der Waals surface area contributed by atoms with E-state index in [1.54, 1.807) is 0 Å². The largest absolute Gasteiger partial charge is 0.496 e. The molecule has 1 aromatic rings. The number of benzene rings is 1. The highest BCUT2D eigenvalue weighted by atomic mass is 19.4. The van der Waals surface area contributed by atoms with Crippen LogP contribution >= 0.6 is 0 Å². The summed E-state index contributed by atoms with van der Waals surface area (Å²) in [5, 5.41) is 20.2. The molecule has 0 heterocycles. The van der Waals surface area contributed by atoms with E-state index in [2.05, 4.69) is 15.3 Å². The molecule has 19 heavy (non-hydrogen) atoms. The average Bonchev–Trinajstić information content (AvgIpc) is 2.38. The van der Waals surface area contributed by atoms with Crippen molar-refractivity contribution in [3.8, 4) is 17.9 Å². The maximum Gasteiger partial charge on any atom is 0.420 e. The van der Waals surface area contributed by atoms with Crippen LogP contribution in [-0.2, 0) is 6.18 Å². The molecule has 0 aliphatic heterocycles. The number of ether oxygens (including phenoxy) is 1. The van der Waals surface area contributed by atoms with Gasteiger partial charge in [0.2, 0.25) is 5.71 Å². The van der Waals surface area contributed by atoms with Crippen LogP contribution in [0.15, 0.2) is 23.3 Å². The molecule has 0 aliphatic rings. The third kappa shape index (κ3) is 3.61. The number of nitrogens with zero attached hydrogens (tertiary/aromatic N) is 3.